The van der Waals surface area contributed by atoms with Crippen molar-refractivity contribution < 1.29 is 27.4 Å². The number of rotatable bonds is 4. The number of halogens is 3. The molecule has 1 amide bonds. The first-order valence-corrected chi connectivity index (χ1v) is 13.1. The van der Waals surface area contributed by atoms with Crippen LogP contribution in [0.1, 0.15) is 16.2 Å². The van der Waals surface area contributed by atoms with Gasteiger partial charge in [-0.2, -0.15) is 0 Å². The number of aromatic nitrogens is 2. The Hall–Kier alpha value is -2.97. The Morgan fingerprint density at radius 3 is 1.98 bits per heavy atom. The van der Waals surface area contributed by atoms with Crippen molar-refractivity contribution in [1.82, 2.24) is 14.9 Å². The van der Waals surface area contributed by atoms with E-state index in [4.69, 9.17) is 4.74 Å². The summed E-state index contributed by atoms with van der Waals surface area (Å²) in [6, 6.07) is 7.10. The highest BCUT2D eigenvalue weighted by atomic mass is 19.4. The van der Waals surface area contributed by atoms with Gasteiger partial charge in [0.15, 0.2) is 0 Å². The van der Waals surface area contributed by atoms with E-state index >= 15 is 0 Å². The highest BCUT2D eigenvalue weighted by Gasteiger charge is 2.53. The van der Waals surface area contributed by atoms with Gasteiger partial charge in [0.05, 0.1) is 5.56 Å². The highest BCUT2D eigenvalue weighted by Crippen LogP contribution is 2.40. The van der Waals surface area contributed by atoms with E-state index < -0.39 is 22.4 Å². The molecule has 0 saturated carbocycles. The van der Waals surface area contributed by atoms with Crippen molar-refractivity contribution in [2.75, 3.05) is 0 Å². The summed E-state index contributed by atoms with van der Waals surface area (Å²) in [4.78, 5) is 25.2. The molecule has 0 fully saturated rings. The average molecular weight is 534 g/mol. The standard InChI is InChI=1S/C21H26B10F3N3O3/c22-11-10(12(23)14(25)15(13(11)24)40-21(32,33)34)7-2-3-9-8(6-7)16(38)37(19(28,29)20(30,31)39-9)18(26,27)17-35-4-1-5-36-17/h1-6H,22-31H2. The van der Waals surface area contributed by atoms with E-state index in [9.17, 15) is 18.0 Å². The fraction of sp³-hybridized carbons (Fsp3) is 0.190. The minimum Gasteiger partial charge on any atom is -0.504 e. The number of ether oxygens (including phenoxy) is 2. The quantitative estimate of drug-likeness (QED) is 0.312. The van der Waals surface area contributed by atoms with Crippen LogP contribution in [0, 0.1) is 0 Å². The van der Waals surface area contributed by atoms with E-state index in [0.29, 0.717) is 44.6 Å². The molecule has 0 unspecified atom stereocenters. The lowest BCUT2D eigenvalue weighted by Gasteiger charge is -2.54. The number of nitrogens with zero attached hydrogens (tertiary/aromatic N) is 3. The molecule has 0 radical (unpaired) electrons. The van der Waals surface area contributed by atoms with Gasteiger partial charge in [0, 0.05) is 28.5 Å². The zero-order valence-corrected chi connectivity index (χ0v) is 24.7. The number of amides is 1. The first-order chi connectivity index (χ1) is 18.3. The number of fused-ring (bicyclic) bond motifs is 1. The summed E-state index contributed by atoms with van der Waals surface area (Å²) in [5, 5.41) is -2.52. The maximum absolute atomic E-state index is 14.5. The molecule has 0 atom stereocenters. The van der Waals surface area contributed by atoms with Crippen molar-refractivity contribution in [3.05, 3.63) is 48.0 Å². The van der Waals surface area contributed by atoms with Crippen LogP contribution in [0.25, 0.3) is 11.1 Å². The van der Waals surface area contributed by atoms with Gasteiger partial charge in [-0.05, 0) is 29.3 Å². The molecule has 40 heavy (non-hydrogen) atoms. The monoisotopic (exact) mass is 535 g/mol. The molecule has 3 aromatic rings. The molecule has 0 N–H and O–H groups in total. The predicted molar refractivity (Wildman–Crippen MR) is 179 cm³/mol. The molecular formula is C21H26B10F3N3O3. The first kappa shape index (κ1) is 30.0. The third-order valence-corrected chi connectivity index (χ3v) is 8.55. The van der Waals surface area contributed by atoms with Crippen LogP contribution >= 0.6 is 0 Å². The molecule has 1 aliphatic heterocycles. The summed E-state index contributed by atoms with van der Waals surface area (Å²) >= 11 is 0. The van der Waals surface area contributed by atoms with Crippen LogP contribution in [-0.2, 0) is 5.34 Å². The van der Waals surface area contributed by atoms with E-state index in [1.165, 1.54) is 0 Å². The van der Waals surface area contributed by atoms with Gasteiger partial charge >= 0.3 is 6.36 Å². The lowest BCUT2D eigenvalue weighted by molar-refractivity contribution is -0.273. The summed E-state index contributed by atoms with van der Waals surface area (Å²) in [5.74, 6) is 0.468. The molecular weight excluding hydrogens is 507 g/mol. The van der Waals surface area contributed by atoms with Crippen molar-refractivity contribution >= 4 is 106 Å². The van der Waals surface area contributed by atoms with Crippen molar-refractivity contribution in [3.8, 4) is 22.6 Å². The largest absolute Gasteiger partial charge is 0.573 e. The average Bonchev–Trinajstić information content (AvgIpc) is 2.91. The molecule has 2 heterocycles. The maximum Gasteiger partial charge on any atom is 0.573 e. The molecule has 19 heteroatoms. The normalized spacial score (nSPS) is 16.5. The van der Waals surface area contributed by atoms with Crippen molar-refractivity contribution in [1.29, 1.82) is 0 Å². The zero-order chi connectivity index (χ0) is 30.0. The van der Waals surface area contributed by atoms with Crippen molar-refractivity contribution in [2.24, 2.45) is 0 Å². The molecule has 1 aliphatic rings. The van der Waals surface area contributed by atoms with Crippen LogP contribution in [0.15, 0.2) is 36.7 Å². The summed E-state index contributed by atoms with van der Waals surface area (Å²) in [5.41, 5.74) is 3.85. The Balaban J connectivity index is 1.94. The summed E-state index contributed by atoms with van der Waals surface area (Å²) in [6.45, 7) is 0. The predicted octanol–water partition coefficient (Wildman–Crippen LogP) is -9.17. The Labute approximate surface area is 241 Å². The van der Waals surface area contributed by atoms with Gasteiger partial charge in [0.1, 0.15) is 95.8 Å². The van der Waals surface area contributed by atoms with Crippen LogP contribution in [0.3, 0.4) is 0 Å². The van der Waals surface area contributed by atoms with Gasteiger partial charge < -0.3 is 14.4 Å². The first-order valence-electron chi connectivity index (χ1n) is 13.1. The molecule has 2 aromatic carbocycles. The fourth-order valence-electron chi connectivity index (χ4n) is 5.63. The van der Waals surface area contributed by atoms with Gasteiger partial charge in [0.25, 0.3) is 5.91 Å². The molecule has 0 aliphatic carbocycles. The minimum atomic E-state index is -4.80. The number of hydrogen-bond donors (Lipinski definition) is 0. The van der Waals surface area contributed by atoms with Crippen LogP contribution in [0.5, 0.6) is 11.5 Å². The SMILES string of the molecule is Bc1c(B)c(-c2ccc3c(c2)C(=O)N(C(B)(B)c2ncccn2)C(B)(B)C(B)(B)O3)c(B)c(B)c1OC(F)(F)F. The Bertz CT molecular complexity index is 1480. The van der Waals surface area contributed by atoms with Gasteiger partial charge in [-0.1, -0.05) is 27.9 Å². The maximum atomic E-state index is 14.5. The third kappa shape index (κ3) is 4.90. The third-order valence-electron chi connectivity index (χ3n) is 8.55. The van der Waals surface area contributed by atoms with Gasteiger partial charge in [-0.25, -0.2) is 9.97 Å². The van der Waals surface area contributed by atoms with Crippen LogP contribution in [0.4, 0.5) is 13.2 Å². The van der Waals surface area contributed by atoms with Crippen LogP contribution in [-0.4, -0.2) is 116 Å². The fourth-order valence-corrected chi connectivity index (χ4v) is 5.63. The number of carbonyl (C=O) groups is 1. The Kier molecular flexibility index (Phi) is 7.38. The van der Waals surface area contributed by atoms with Crippen molar-refractivity contribution in [3.63, 3.8) is 0 Å². The van der Waals surface area contributed by atoms with E-state index in [1.54, 1.807) is 66.9 Å². The molecule has 0 bridgehead atoms. The van der Waals surface area contributed by atoms with E-state index in [0.717, 1.165) is 5.56 Å². The van der Waals surface area contributed by atoms with E-state index in [1.807, 2.05) is 53.1 Å². The molecule has 4 rings (SSSR count). The summed E-state index contributed by atoms with van der Waals surface area (Å²) < 4.78 is 50.4. The Morgan fingerprint density at radius 2 is 1.45 bits per heavy atom. The van der Waals surface area contributed by atoms with Gasteiger partial charge in [0.2, 0.25) is 0 Å². The lowest BCUT2D eigenvalue weighted by Crippen LogP contribution is -2.74. The summed E-state index contributed by atoms with van der Waals surface area (Å²) in [6.07, 6.45) is -1.51. The topological polar surface area (TPSA) is 64.6 Å². The van der Waals surface area contributed by atoms with Crippen molar-refractivity contribution in [2.45, 2.75) is 22.4 Å². The highest BCUT2D eigenvalue weighted by molar-refractivity contribution is 6.61. The number of carbonyl (C=O) groups excluding carboxylic acids is 1. The lowest BCUT2D eigenvalue weighted by atomic mass is 9.37. The number of hydrogen-bond acceptors (Lipinski definition) is 5. The second-order valence-electron chi connectivity index (χ2n) is 11.9. The van der Waals surface area contributed by atoms with Crippen LogP contribution in [0.2, 0.25) is 0 Å². The molecule has 194 valence electrons. The molecule has 1 aromatic heterocycles. The van der Waals surface area contributed by atoms with Gasteiger partial charge in [-0.3, -0.25) is 4.79 Å². The van der Waals surface area contributed by atoms with E-state index in [-0.39, 0.29) is 11.7 Å². The van der Waals surface area contributed by atoms with Gasteiger partial charge in [-0.15, -0.1) is 13.2 Å². The zero-order valence-electron chi connectivity index (χ0n) is 24.7. The van der Waals surface area contributed by atoms with Crippen LogP contribution < -0.4 is 31.3 Å². The minimum absolute atomic E-state index is 0.195. The number of alkyl halides is 3. The molecule has 0 saturated heterocycles. The second-order valence-corrected chi connectivity index (χ2v) is 11.9. The number of benzene rings is 2. The Morgan fingerprint density at radius 1 is 0.900 bits per heavy atom. The second kappa shape index (κ2) is 9.84. The van der Waals surface area contributed by atoms with E-state index in [2.05, 4.69) is 14.7 Å². The summed E-state index contributed by atoms with van der Waals surface area (Å²) in [7, 11) is 18.4. The molecule has 6 nitrogen and oxygen atoms in total. The molecule has 0 spiro atoms. The smallest absolute Gasteiger partial charge is 0.504 e.